The number of halogens is 2. The molecule has 5 nitrogen and oxygen atoms in total. The minimum Gasteiger partial charge on any atom is -0.433 e. The number of nitrogens with one attached hydrogen (secondary N) is 1. The zero-order valence-electron chi connectivity index (χ0n) is 13.9. The van der Waals surface area contributed by atoms with Crippen molar-refractivity contribution in [1.82, 2.24) is 15.1 Å². The molecule has 1 fully saturated rings. The van der Waals surface area contributed by atoms with Crippen molar-refractivity contribution in [3.63, 3.8) is 0 Å². The van der Waals surface area contributed by atoms with Gasteiger partial charge >= 0.3 is 6.61 Å². The third-order valence-corrected chi connectivity index (χ3v) is 4.53. The van der Waals surface area contributed by atoms with Gasteiger partial charge in [-0.25, -0.2) is 0 Å². The molecule has 3 rings (SSSR count). The number of rotatable bonds is 6. The van der Waals surface area contributed by atoms with Gasteiger partial charge in [-0.05, 0) is 25.5 Å². The molecular formula is C17H22F2N4O. The van der Waals surface area contributed by atoms with Crippen LogP contribution in [0.25, 0.3) is 0 Å². The van der Waals surface area contributed by atoms with Gasteiger partial charge in [0.15, 0.2) is 0 Å². The van der Waals surface area contributed by atoms with Crippen molar-refractivity contribution in [3.8, 4) is 5.75 Å². The maximum absolute atomic E-state index is 12.6. The summed E-state index contributed by atoms with van der Waals surface area (Å²) >= 11 is 0. The largest absolute Gasteiger partial charge is 0.433 e. The quantitative estimate of drug-likeness (QED) is 0.881. The molecule has 1 aromatic heterocycles. The molecule has 130 valence electrons. The first kappa shape index (κ1) is 16.7. The van der Waals surface area contributed by atoms with E-state index in [0.29, 0.717) is 6.04 Å². The van der Waals surface area contributed by atoms with Gasteiger partial charge in [-0.3, -0.25) is 4.68 Å². The summed E-state index contributed by atoms with van der Waals surface area (Å²) in [4.78, 5) is 2.09. The summed E-state index contributed by atoms with van der Waals surface area (Å²) in [5.74, 6) is 0.233. The number of anilines is 1. The van der Waals surface area contributed by atoms with Crippen molar-refractivity contribution in [2.24, 2.45) is 7.05 Å². The van der Waals surface area contributed by atoms with E-state index in [0.717, 1.165) is 37.4 Å². The Hall–Kier alpha value is -2.15. The maximum Gasteiger partial charge on any atom is 0.387 e. The molecule has 1 unspecified atom stereocenters. The van der Waals surface area contributed by atoms with E-state index >= 15 is 0 Å². The van der Waals surface area contributed by atoms with E-state index in [9.17, 15) is 8.78 Å². The fraction of sp³-hybridized carbons (Fsp3) is 0.471. The summed E-state index contributed by atoms with van der Waals surface area (Å²) in [6.45, 7) is 1.57. The number of nitrogens with zero attached hydrogens (tertiary/aromatic N) is 3. The second-order valence-electron chi connectivity index (χ2n) is 6.04. The Morgan fingerprint density at radius 3 is 2.88 bits per heavy atom. The van der Waals surface area contributed by atoms with Gasteiger partial charge in [-0.1, -0.05) is 12.1 Å². The van der Waals surface area contributed by atoms with Crippen LogP contribution in [-0.2, 0) is 13.6 Å². The maximum atomic E-state index is 12.6. The Morgan fingerprint density at radius 2 is 2.17 bits per heavy atom. The highest BCUT2D eigenvalue weighted by molar-refractivity contribution is 5.59. The molecule has 0 saturated carbocycles. The molecule has 0 bridgehead atoms. The third-order valence-electron chi connectivity index (χ3n) is 4.53. The molecule has 1 aliphatic heterocycles. The van der Waals surface area contributed by atoms with E-state index in [-0.39, 0.29) is 5.75 Å². The molecule has 1 atom stereocenters. The summed E-state index contributed by atoms with van der Waals surface area (Å²) < 4.78 is 31.6. The topological polar surface area (TPSA) is 42.3 Å². The Morgan fingerprint density at radius 1 is 1.38 bits per heavy atom. The van der Waals surface area contributed by atoms with E-state index in [1.807, 2.05) is 37.0 Å². The molecule has 1 aliphatic rings. The normalized spacial score (nSPS) is 17.7. The number of benzene rings is 1. The molecule has 1 saturated heterocycles. The number of ether oxygens (including phenoxy) is 1. The molecular weight excluding hydrogens is 314 g/mol. The highest BCUT2D eigenvalue weighted by atomic mass is 19.3. The fourth-order valence-electron chi connectivity index (χ4n) is 3.03. The van der Waals surface area contributed by atoms with Crippen LogP contribution in [-0.4, -0.2) is 35.5 Å². The summed E-state index contributed by atoms with van der Waals surface area (Å²) in [5, 5.41) is 7.77. The van der Waals surface area contributed by atoms with Crippen molar-refractivity contribution in [2.75, 3.05) is 18.0 Å². The van der Waals surface area contributed by atoms with Crippen molar-refractivity contribution in [1.29, 1.82) is 0 Å². The lowest BCUT2D eigenvalue weighted by molar-refractivity contribution is -0.0495. The number of hydrogen-bond acceptors (Lipinski definition) is 4. The average molecular weight is 336 g/mol. The van der Waals surface area contributed by atoms with Gasteiger partial charge in [0.05, 0.1) is 11.9 Å². The third kappa shape index (κ3) is 3.67. The number of hydrogen-bond donors (Lipinski definition) is 1. The van der Waals surface area contributed by atoms with E-state index in [2.05, 4.69) is 20.1 Å². The summed E-state index contributed by atoms with van der Waals surface area (Å²) in [5.41, 5.74) is 3.05. The lowest BCUT2D eigenvalue weighted by Crippen LogP contribution is -2.32. The zero-order chi connectivity index (χ0) is 17.1. The Balaban J connectivity index is 1.60. The highest BCUT2D eigenvalue weighted by Crippen LogP contribution is 2.31. The van der Waals surface area contributed by atoms with Gasteiger partial charge in [-0.2, -0.15) is 13.9 Å². The highest BCUT2D eigenvalue weighted by Gasteiger charge is 2.25. The van der Waals surface area contributed by atoms with Crippen LogP contribution >= 0.6 is 0 Å². The predicted molar refractivity (Wildman–Crippen MR) is 88.5 cm³/mol. The minimum atomic E-state index is -2.81. The van der Waals surface area contributed by atoms with Gasteiger partial charge < -0.3 is 15.0 Å². The molecule has 0 spiro atoms. The molecule has 0 amide bonds. The first-order valence-electron chi connectivity index (χ1n) is 8.04. The van der Waals surface area contributed by atoms with Crippen molar-refractivity contribution in [3.05, 3.63) is 41.7 Å². The molecule has 0 aliphatic carbocycles. The van der Waals surface area contributed by atoms with Gasteiger partial charge in [0.25, 0.3) is 0 Å². The van der Waals surface area contributed by atoms with Gasteiger partial charge in [0.1, 0.15) is 5.75 Å². The number of para-hydroxylation sites is 2. The SMILES string of the molecule is Cc1c(CNC2CCN(c3ccccc3OC(F)F)C2)cnn1C. The molecule has 1 aromatic carbocycles. The second kappa shape index (κ2) is 7.17. The van der Waals surface area contributed by atoms with E-state index in [1.54, 1.807) is 12.1 Å². The van der Waals surface area contributed by atoms with Crippen LogP contribution in [0, 0.1) is 6.92 Å². The first-order valence-corrected chi connectivity index (χ1v) is 8.04. The number of aromatic nitrogens is 2. The second-order valence-corrected chi connectivity index (χ2v) is 6.04. The van der Waals surface area contributed by atoms with Gasteiger partial charge in [0.2, 0.25) is 0 Å². The Kier molecular flexibility index (Phi) is 4.99. The number of alkyl halides is 2. The first-order chi connectivity index (χ1) is 11.5. The molecule has 1 N–H and O–H groups in total. The van der Waals surface area contributed by atoms with Crippen LogP contribution in [0.15, 0.2) is 30.5 Å². The van der Waals surface area contributed by atoms with Crippen LogP contribution in [0.3, 0.4) is 0 Å². The molecule has 2 heterocycles. The monoisotopic (exact) mass is 336 g/mol. The van der Waals surface area contributed by atoms with E-state index in [1.165, 1.54) is 5.56 Å². The van der Waals surface area contributed by atoms with Crippen LogP contribution in [0.5, 0.6) is 5.75 Å². The lowest BCUT2D eigenvalue weighted by Gasteiger charge is -2.22. The van der Waals surface area contributed by atoms with Crippen molar-refractivity contribution < 1.29 is 13.5 Å². The summed E-state index contributed by atoms with van der Waals surface area (Å²) in [6, 6.07) is 7.27. The van der Waals surface area contributed by atoms with E-state index in [4.69, 9.17) is 0 Å². The zero-order valence-corrected chi connectivity index (χ0v) is 13.9. The standard InChI is InChI=1S/C17H22F2N4O/c1-12-13(10-21-22(12)2)9-20-14-7-8-23(11-14)15-5-3-4-6-16(15)24-17(18)19/h3-6,10,14,17,20H,7-9,11H2,1-2H3. The van der Waals surface area contributed by atoms with Crippen LogP contribution in [0.2, 0.25) is 0 Å². The molecule has 2 aromatic rings. The molecule has 0 radical (unpaired) electrons. The Labute approximate surface area is 140 Å². The van der Waals surface area contributed by atoms with Gasteiger partial charge in [0, 0.05) is 44.0 Å². The van der Waals surface area contributed by atoms with Crippen molar-refractivity contribution >= 4 is 5.69 Å². The van der Waals surface area contributed by atoms with Crippen LogP contribution in [0.1, 0.15) is 17.7 Å². The molecule has 24 heavy (non-hydrogen) atoms. The summed E-state index contributed by atoms with van der Waals surface area (Å²) in [6.07, 6.45) is 2.84. The fourth-order valence-corrected chi connectivity index (χ4v) is 3.03. The van der Waals surface area contributed by atoms with Gasteiger partial charge in [-0.15, -0.1) is 0 Å². The predicted octanol–water partition coefficient (Wildman–Crippen LogP) is 2.70. The number of aryl methyl sites for hydroxylation is 1. The smallest absolute Gasteiger partial charge is 0.387 e. The molecule has 7 heteroatoms. The van der Waals surface area contributed by atoms with Crippen LogP contribution < -0.4 is 15.0 Å². The van der Waals surface area contributed by atoms with Crippen LogP contribution in [0.4, 0.5) is 14.5 Å². The minimum absolute atomic E-state index is 0.233. The van der Waals surface area contributed by atoms with E-state index < -0.39 is 6.61 Å². The lowest BCUT2D eigenvalue weighted by atomic mass is 10.2. The van der Waals surface area contributed by atoms with Crippen molar-refractivity contribution in [2.45, 2.75) is 32.5 Å². The Bertz CT molecular complexity index is 689. The average Bonchev–Trinajstić information content (AvgIpc) is 3.14. The summed E-state index contributed by atoms with van der Waals surface area (Å²) in [7, 11) is 1.93.